The van der Waals surface area contributed by atoms with Gasteiger partial charge in [-0.3, -0.25) is 9.98 Å². The number of aromatic nitrogens is 1. The molecule has 0 amide bonds. The van der Waals surface area contributed by atoms with Crippen LogP contribution in [-0.2, 0) is 13.0 Å². The maximum absolute atomic E-state index is 6.20. The Morgan fingerprint density at radius 1 is 1.26 bits per heavy atom. The molecule has 0 aliphatic carbocycles. The first-order valence-electron chi connectivity index (χ1n) is 6.97. The van der Waals surface area contributed by atoms with Crippen LogP contribution in [0.1, 0.15) is 11.3 Å². The van der Waals surface area contributed by atoms with Crippen LogP contribution in [0.2, 0.25) is 5.02 Å². The number of rotatable bonds is 5. The van der Waals surface area contributed by atoms with Crippen LogP contribution in [-0.4, -0.2) is 24.5 Å². The molecule has 7 heteroatoms. The Morgan fingerprint density at radius 3 is 2.74 bits per heavy atom. The van der Waals surface area contributed by atoms with Gasteiger partial charge in [0.15, 0.2) is 5.96 Å². The second-order valence-corrected chi connectivity index (χ2v) is 5.98. The zero-order valence-corrected chi connectivity index (χ0v) is 17.4. The Balaban J connectivity index is 0.00000264. The van der Waals surface area contributed by atoms with Crippen molar-refractivity contribution in [1.82, 2.24) is 15.6 Å². The summed E-state index contributed by atoms with van der Waals surface area (Å²) >= 11 is 9.60. The van der Waals surface area contributed by atoms with E-state index in [1.165, 1.54) is 0 Å². The summed E-state index contributed by atoms with van der Waals surface area (Å²) in [5.41, 5.74) is 2.08. The zero-order chi connectivity index (χ0) is 15.8. The van der Waals surface area contributed by atoms with E-state index in [4.69, 9.17) is 11.6 Å². The second kappa shape index (κ2) is 10.8. The number of aliphatic imine (C=N–C) groups is 1. The van der Waals surface area contributed by atoms with Crippen molar-refractivity contribution in [1.29, 1.82) is 0 Å². The second-order valence-electron chi connectivity index (χ2n) is 4.66. The minimum absolute atomic E-state index is 0. The monoisotopic (exact) mass is 508 g/mol. The molecule has 2 rings (SSSR count). The number of hydrogen-bond acceptors (Lipinski definition) is 2. The van der Waals surface area contributed by atoms with Crippen LogP contribution in [0.15, 0.2) is 52.1 Å². The van der Waals surface area contributed by atoms with Gasteiger partial charge in [-0.2, -0.15) is 0 Å². The van der Waals surface area contributed by atoms with E-state index in [1.807, 2.05) is 36.4 Å². The van der Waals surface area contributed by atoms with E-state index in [0.29, 0.717) is 6.54 Å². The summed E-state index contributed by atoms with van der Waals surface area (Å²) < 4.78 is 0.971. The van der Waals surface area contributed by atoms with E-state index >= 15 is 0 Å². The summed E-state index contributed by atoms with van der Waals surface area (Å²) in [6.07, 6.45) is 2.65. The Bertz CT molecular complexity index is 637. The number of nitrogens with one attached hydrogen (secondary N) is 2. The summed E-state index contributed by atoms with van der Waals surface area (Å²) in [6, 6.07) is 11.8. The molecule has 0 radical (unpaired) electrons. The molecule has 1 aromatic heterocycles. The first-order chi connectivity index (χ1) is 10.7. The maximum atomic E-state index is 6.20. The van der Waals surface area contributed by atoms with E-state index in [9.17, 15) is 0 Å². The first kappa shape index (κ1) is 20.2. The summed E-state index contributed by atoms with van der Waals surface area (Å²) in [5.74, 6) is 0.745. The quantitative estimate of drug-likeness (QED) is 0.364. The standard InChI is InChI=1S/C16H18BrClN4.HI/c1-19-16(21-9-7-14-4-2-3-8-20-14)22-11-12-5-6-13(17)10-15(12)18;/h2-6,8,10H,7,9,11H2,1H3,(H2,19,21,22);1H. The van der Waals surface area contributed by atoms with Gasteiger partial charge < -0.3 is 10.6 Å². The van der Waals surface area contributed by atoms with Crippen LogP contribution in [0.25, 0.3) is 0 Å². The van der Waals surface area contributed by atoms with Crippen molar-refractivity contribution in [3.63, 3.8) is 0 Å². The third-order valence-electron chi connectivity index (χ3n) is 3.08. The van der Waals surface area contributed by atoms with Gasteiger partial charge in [-0.05, 0) is 29.8 Å². The third kappa shape index (κ3) is 7.05. The van der Waals surface area contributed by atoms with Gasteiger partial charge in [0.2, 0.25) is 0 Å². The molecule has 0 saturated heterocycles. The first-order valence-corrected chi connectivity index (χ1v) is 8.14. The molecule has 0 unspecified atom stereocenters. The average molecular weight is 510 g/mol. The largest absolute Gasteiger partial charge is 0.356 e. The molecule has 2 aromatic rings. The van der Waals surface area contributed by atoms with Gasteiger partial charge in [0.1, 0.15) is 0 Å². The molecule has 23 heavy (non-hydrogen) atoms. The normalized spacial score (nSPS) is 10.8. The van der Waals surface area contributed by atoms with Gasteiger partial charge in [0, 0.05) is 47.9 Å². The van der Waals surface area contributed by atoms with Crippen molar-refractivity contribution in [2.75, 3.05) is 13.6 Å². The lowest BCUT2D eigenvalue weighted by molar-refractivity contribution is 0.784. The summed E-state index contributed by atoms with van der Waals surface area (Å²) in [4.78, 5) is 8.50. The van der Waals surface area contributed by atoms with Crippen molar-refractivity contribution < 1.29 is 0 Å². The van der Waals surface area contributed by atoms with Gasteiger partial charge in [-0.15, -0.1) is 24.0 Å². The molecule has 0 bridgehead atoms. The highest BCUT2D eigenvalue weighted by Gasteiger charge is 2.03. The molecule has 2 N–H and O–H groups in total. The lowest BCUT2D eigenvalue weighted by atomic mass is 10.2. The average Bonchev–Trinajstić information content (AvgIpc) is 2.53. The van der Waals surface area contributed by atoms with E-state index < -0.39 is 0 Å². The smallest absolute Gasteiger partial charge is 0.191 e. The Morgan fingerprint density at radius 2 is 2.09 bits per heavy atom. The van der Waals surface area contributed by atoms with Gasteiger partial charge in [0.25, 0.3) is 0 Å². The van der Waals surface area contributed by atoms with Crippen LogP contribution < -0.4 is 10.6 Å². The Hall–Kier alpha value is -0.860. The molecule has 0 saturated carbocycles. The predicted octanol–water partition coefficient (Wildman–Crippen LogP) is 4.02. The van der Waals surface area contributed by atoms with Crippen LogP contribution in [0.5, 0.6) is 0 Å². The van der Waals surface area contributed by atoms with Gasteiger partial charge in [0.05, 0.1) is 0 Å². The molecule has 0 fully saturated rings. The highest BCUT2D eigenvalue weighted by Crippen LogP contribution is 2.21. The number of benzene rings is 1. The molecule has 0 aliphatic rings. The molecule has 124 valence electrons. The Kier molecular flexibility index (Phi) is 9.50. The minimum atomic E-state index is 0. The number of nitrogens with zero attached hydrogens (tertiary/aromatic N) is 2. The fraction of sp³-hybridized carbons (Fsp3) is 0.250. The highest BCUT2D eigenvalue weighted by molar-refractivity contribution is 14.0. The van der Waals surface area contributed by atoms with Crippen molar-refractivity contribution >= 4 is 57.5 Å². The van der Waals surface area contributed by atoms with Gasteiger partial charge in [-0.25, -0.2) is 0 Å². The number of pyridine rings is 1. The summed E-state index contributed by atoms with van der Waals surface area (Å²) in [6.45, 7) is 1.39. The molecule has 1 aromatic carbocycles. The van der Waals surface area contributed by atoms with Crippen LogP contribution in [0.4, 0.5) is 0 Å². The van der Waals surface area contributed by atoms with Crippen molar-refractivity contribution in [3.05, 3.63) is 63.3 Å². The van der Waals surface area contributed by atoms with Crippen LogP contribution in [0, 0.1) is 0 Å². The molecular weight excluding hydrogens is 490 g/mol. The van der Waals surface area contributed by atoms with Gasteiger partial charge >= 0.3 is 0 Å². The third-order valence-corrected chi connectivity index (χ3v) is 3.93. The lowest BCUT2D eigenvalue weighted by Gasteiger charge is -2.12. The van der Waals surface area contributed by atoms with Crippen molar-refractivity contribution in [3.8, 4) is 0 Å². The fourth-order valence-corrected chi connectivity index (χ4v) is 2.66. The van der Waals surface area contributed by atoms with E-state index in [2.05, 4.69) is 36.5 Å². The molecule has 0 aliphatic heterocycles. The summed E-state index contributed by atoms with van der Waals surface area (Å²) in [5, 5.41) is 7.24. The molecule has 0 spiro atoms. The van der Waals surface area contributed by atoms with Crippen molar-refractivity contribution in [2.24, 2.45) is 4.99 Å². The van der Waals surface area contributed by atoms with Crippen LogP contribution in [0.3, 0.4) is 0 Å². The number of guanidine groups is 1. The Labute approximate surface area is 167 Å². The topological polar surface area (TPSA) is 49.3 Å². The van der Waals surface area contributed by atoms with E-state index in [1.54, 1.807) is 13.2 Å². The molecule has 1 heterocycles. The predicted molar refractivity (Wildman–Crippen MR) is 111 cm³/mol. The minimum Gasteiger partial charge on any atom is -0.356 e. The number of halogens is 3. The summed E-state index contributed by atoms with van der Waals surface area (Å²) in [7, 11) is 1.75. The highest BCUT2D eigenvalue weighted by atomic mass is 127. The lowest BCUT2D eigenvalue weighted by Crippen LogP contribution is -2.38. The van der Waals surface area contributed by atoms with Crippen LogP contribution >= 0.6 is 51.5 Å². The van der Waals surface area contributed by atoms with E-state index in [-0.39, 0.29) is 24.0 Å². The molecule has 4 nitrogen and oxygen atoms in total. The molecular formula is C16H19BrClIN4. The SMILES string of the molecule is CN=C(NCCc1ccccn1)NCc1ccc(Br)cc1Cl.I. The van der Waals surface area contributed by atoms with Crippen molar-refractivity contribution in [2.45, 2.75) is 13.0 Å². The molecule has 0 atom stereocenters. The van der Waals surface area contributed by atoms with E-state index in [0.717, 1.165) is 39.7 Å². The fourth-order valence-electron chi connectivity index (χ4n) is 1.92. The number of hydrogen-bond donors (Lipinski definition) is 2. The van der Waals surface area contributed by atoms with Gasteiger partial charge in [-0.1, -0.05) is 39.7 Å². The maximum Gasteiger partial charge on any atom is 0.191 e. The zero-order valence-electron chi connectivity index (χ0n) is 12.7.